The quantitative estimate of drug-likeness (QED) is 0.824. The van der Waals surface area contributed by atoms with E-state index in [9.17, 15) is 14.7 Å². The molecule has 2 atom stereocenters. The molecule has 0 unspecified atom stereocenters. The number of anilines is 1. The van der Waals surface area contributed by atoms with Gasteiger partial charge in [-0.2, -0.15) is 0 Å². The number of likely N-dealkylation sites (N-methyl/N-ethyl adjacent to an activating group) is 1. The number of carbonyl (C=O) groups is 2. The maximum absolute atomic E-state index is 12.3. The number of aliphatic hydroxyl groups excluding tert-OH is 1. The van der Waals surface area contributed by atoms with Crippen molar-refractivity contribution < 1.29 is 19.4 Å². The van der Waals surface area contributed by atoms with Crippen molar-refractivity contribution in [3.8, 4) is 0 Å². The van der Waals surface area contributed by atoms with Crippen molar-refractivity contribution >= 4 is 17.5 Å². The standard InChI is InChI=1S/C15H20N2O4/c1-3-17(13-8-21-9-14(13)19)15(20)16-12-6-4-11(5-7-12)10(2)18/h4-7,13-14,19H,3,8-9H2,1-2H3,(H,16,20)/t13-,14-/m0/s1. The van der Waals surface area contributed by atoms with Gasteiger partial charge in [0.1, 0.15) is 0 Å². The normalized spacial score (nSPS) is 21.1. The Bertz CT molecular complexity index is 515. The van der Waals surface area contributed by atoms with Crippen LogP contribution in [-0.4, -0.2) is 53.7 Å². The van der Waals surface area contributed by atoms with E-state index in [2.05, 4.69) is 5.32 Å². The molecular formula is C15H20N2O4. The zero-order chi connectivity index (χ0) is 15.4. The van der Waals surface area contributed by atoms with E-state index in [1.165, 1.54) is 6.92 Å². The average Bonchev–Trinajstić information content (AvgIpc) is 2.86. The van der Waals surface area contributed by atoms with E-state index in [0.717, 1.165) is 0 Å². The van der Waals surface area contributed by atoms with Crippen molar-refractivity contribution in [2.45, 2.75) is 26.0 Å². The molecule has 6 heteroatoms. The van der Waals surface area contributed by atoms with Gasteiger partial charge in [0.25, 0.3) is 0 Å². The number of ketones is 1. The maximum atomic E-state index is 12.3. The Kier molecular flexibility index (Phi) is 4.93. The number of nitrogens with one attached hydrogen (secondary N) is 1. The largest absolute Gasteiger partial charge is 0.388 e. The first kappa shape index (κ1) is 15.5. The number of amides is 2. The number of benzene rings is 1. The van der Waals surface area contributed by atoms with E-state index in [1.807, 2.05) is 6.92 Å². The summed E-state index contributed by atoms with van der Waals surface area (Å²) < 4.78 is 5.19. The molecule has 0 aliphatic carbocycles. The summed E-state index contributed by atoms with van der Waals surface area (Å²) in [6.45, 7) is 4.41. The van der Waals surface area contributed by atoms with Crippen molar-refractivity contribution in [1.29, 1.82) is 0 Å². The number of carbonyl (C=O) groups excluding carboxylic acids is 2. The molecule has 2 amide bonds. The summed E-state index contributed by atoms with van der Waals surface area (Å²) in [4.78, 5) is 25.0. The van der Waals surface area contributed by atoms with Crippen molar-refractivity contribution in [3.05, 3.63) is 29.8 Å². The zero-order valence-electron chi connectivity index (χ0n) is 12.2. The number of hydrogen-bond donors (Lipinski definition) is 2. The predicted octanol–water partition coefficient (Wildman–Crippen LogP) is 1.50. The number of ether oxygens (including phenoxy) is 1. The van der Waals surface area contributed by atoms with Gasteiger partial charge in [-0.05, 0) is 38.1 Å². The summed E-state index contributed by atoms with van der Waals surface area (Å²) in [5.74, 6) is -0.0192. The fourth-order valence-electron chi connectivity index (χ4n) is 2.34. The number of urea groups is 1. The van der Waals surface area contributed by atoms with Gasteiger partial charge in [-0.1, -0.05) is 0 Å². The number of nitrogens with zero attached hydrogens (tertiary/aromatic N) is 1. The molecule has 114 valence electrons. The Morgan fingerprint density at radius 1 is 1.33 bits per heavy atom. The third kappa shape index (κ3) is 3.59. The highest BCUT2D eigenvalue weighted by Crippen LogP contribution is 2.16. The molecule has 1 saturated heterocycles. The topological polar surface area (TPSA) is 78.9 Å². The van der Waals surface area contributed by atoms with Crippen LogP contribution in [0.3, 0.4) is 0 Å². The predicted molar refractivity (Wildman–Crippen MR) is 78.5 cm³/mol. The molecule has 0 radical (unpaired) electrons. The molecule has 2 N–H and O–H groups in total. The molecule has 0 spiro atoms. The summed E-state index contributed by atoms with van der Waals surface area (Å²) in [5.41, 5.74) is 1.21. The molecule has 21 heavy (non-hydrogen) atoms. The minimum Gasteiger partial charge on any atom is -0.388 e. The van der Waals surface area contributed by atoms with Gasteiger partial charge in [-0.3, -0.25) is 4.79 Å². The van der Waals surface area contributed by atoms with E-state index < -0.39 is 6.10 Å². The summed E-state index contributed by atoms with van der Waals surface area (Å²) in [5, 5.41) is 12.6. The number of aliphatic hydroxyl groups is 1. The van der Waals surface area contributed by atoms with Crippen molar-refractivity contribution in [1.82, 2.24) is 4.90 Å². The molecule has 2 rings (SSSR count). The van der Waals surface area contributed by atoms with Gasteiger partial charge in [0.2, 0.25) is 0 Å². The smallest absolute Gasteiger partial charge is 0.322 e. The Hall–Kier alpha value is -1.92. The summed E-state index contributed by atoms with van der Waals surface area (Å²) in [7, 11) is 0. The van der Waals surface area contributed by atoms with Crippen LogP contribution in [-0.2, 0) is 4.74 Å². The van der Waals surface area contributed by atoms with E-state index in [0.29, 0.717) is 24.4 Å². The molecule has 6 nitrogen and oxygen atoms in total. The first-order chi connectivity index (χ1) is 10.0. The highest BCUT2D eigenvalue weighted by Gasteiger charge is 2.33. The lowest BCUT2D eigenvalue weighted by atomic mass is 10.1. The summed E-state index contributed by atoms with van der Waals surface area (Å²) in [6.07, 6.45) is -0.657. The fraction of sp³-hybridized carbons (Fsp3) is 0.467. The van der Waals surface area contributed by atoms with E-state index in [-0.39, 0.29) is 24.5 Å². The van der Waals surface area contributed by atoms with Gasteiger partial charge < -0.3 is 20.1 Å². The lowest BCUT2D eigenvalue weighted by Gasteiger charge is -2.28. The van der Waals surface area contributed by atoms with Gasteiger partial charge in [-0.15, -0.1) is 0 Å². The van der Waals surface area contributed by atoms with Crippen LogP contribution in [0.5, 0.6) is 0 Å². The van der Waals surface area contributed by atoms with Crippen molar-refractivity contribution in [2.75, 3.05) is 25.1 Å². The minimum atomic E-state index is -0.657. The number of rotatable bonds is 4. The fourth-order valence-corrected chi connectivity index (χ4v) is 2.34. The molecule has 1 aromatic carbocycles. The first-order valence-corrected chi connectivity index (χ1v) is 6.97. The number of Topliss-reactive ketones (excluding diaryl/α,β-unsaturated/α-hetero) is 1. The zero-order valence-corrected chi connectivity index (χ0v) is 12.2. The maximum Gasteiger partial charge on any atom is 0.322 e. The summed E-state index contributed by atoms with van der Waals surface area (Å²) >= 11 is 0. The molecule has 1 heterocycles. The van der Waals surface area contributed by atoms with Crippen LogP contribution in [0.4, 0.5) is 10.5 Å². The highest BCUT2D eigenvalue weighted by atomic mass is 16.5. The van der Waals surface area contributed by atoms with E-state index in [4.69, 9.17) is 4.74 Å². The van der Waals surface area contributed by atoms with Gasteiger partial charge >= 0.3 is 6.03 Å². The van der Waals surface area contributed by atoms with Crippen molar-refractivity contribution in [3.63, 3.8) is 0 Å². The summed E-state index contributed by atoms with van der Waals surface area (Å²) in [6, 6.07) is 6.09. The number of hydrogen-bond acceptors (Lipinski definition) is 4. The van der Waals surface area contributed by atoms with Gasteiger partial charge in [0, 0.05) is 17.8 Å². The monoisotopic (exact) mass is 292 g/mol. The molecule has 1 aliphatic heterocycles. The average molecular weight is 292 g/mol. The third-order valence-electron chi connectivity index (χ3n) is 3.57. The Morgan fingerprint density at radius 3 is 2.48 bits per heavy atom. The Labute approximate surface area is 123 Å². The van der Waals surface area contributed by atoms with Crippen molar-refractivity contribution in [2.24, 2.45) is 0 Å². The van der Waals surface area contributed by atoms with Crippen LogP contribution in [0.15, 0.2) is 24.3 Å². The Morgan fingerprint density at radius 2 is 2.00 bits per heavy atom. The van der Waals surface area contributed by atoms with Gasteiger partial charge in [0.05, 0.1) is 25.4 Å². The molecule has 0 aromatic heterocycles. The molecule has 1 fully saturated rings. The van der Waals surface area contributed by atoms with Crippen LogP contribution >= 0.6 is 0 Å². The lowest BCUT2D eigenvalue weighted by Crippen LogP contribution is -2.48. The molecule has 0 saturated carbocycles. The van der Waals surface area contributed by atoms with Crippen LogP contribution < -0.4 is 5.32 Å². The highest BCUT2D eigenvalue weighted by molar-refractivity contribution is 5.95. The minimum absolute atomic E-state index is 0.0192. The van der Waals surface area contributed by atoms with Crippen LogP contribution in [0.2, 0.25) is 0 Å². The van der Waals surface area contributed by atoms with Crippen LogP contribution in [0.1, 0.15) is 24.2 Å². The SMILES string of the molecule is CCN(C(=O)Nc1ccc(C(C)=O)cc1)[C@H]1COC[C@@H]1O. The third-order valence-corrected chi connectivity index (χ3v) is 3.57. The lowest BCUT2D eigenvalue weighted by molar-refractivity contribution is 0.1000. The second-order valence-electron chi connectivity index (χ2n) is 5.02. The second-order valence-corrected chi connectivity index (χ2v) is 5.02. The molecule has 1 aliphatic rings. The molecule has 0 bridgehead atoms. The van der Waals surface area contributed by atoms with E-state index in [1.54, 1.807) is 29.2 Å². The van der Waals surface area contributed by atoms with E-state index >= 15 is 0 Å². The van der Waals surface area contributed by atoms with Crippen LogP contribution in [0, 0.1) is 0 Å². The van der Waals surface area contributed by atoms with Gasteiger partial charge in [0.15, 0.2) is 5.78 Å². The molecule has 1 aromatic rings. The second kappa shape index (κ2) is 6.69. The molecular weight excluding hydrogens is 272 g/mol. The van der Waals surface area contributed by atoms with Crippen LogP contribution in [0.25, 0.3) is 0 Å². The van der Waals surface area contributed by atoms with Gasteiger partial charge in [-0.25, -0.2) is 4.79 Å². The first-order valence-electron chi connectivity index (χ1n) is 6.97. The Balaban J connectivity index is 2.03.